The lowest BCUT2D eigenvalue weighted by Crippen LogP contribution is -2.18. The van der Waals surface area contributed by atoms with Crippen LogP contribution >= 0.6 is 12.4 Å². The van der Waals surface area contributed by atoms with Crippen molar-refractivity contribution in [2.45, 2.75) is 19.3 Å². The summed E-state index contributed by atoms with van der Waals surface area (Å²) in [4.78, 5) is 0. The summed E-state index contributed by atoms with van der Waals surface area (Å²) in [6.45, 7) is 4.40. The van der Waals surface area contributed by atoms with Gasteiger partial charge in [0.05, 0.1) is 12.8 Å². The maximum atomic E-state index is 5.86. The SMILES string of the molecule is COc1cc(C(C)(C)c2ccccc2)ccc1N.Cl. The Bertz CT molecular complexity index is 538. The summed E-state index contributed by atoms with van der Waals surface area (Å²) >= 11 is 0. The van der Waals surface area contributed by atoms with Crippen LogP contribution in [0.25, 0.3) is 0 Å². The molecule has 0 amide bonds. The number of ether oxygens (including phenoxy) is 1. The van der Waals surface area contributed by atoms with Crippen LogP contribution in [0.15, 0.2) is 48.5 Å². The number of hydrogen-bond donors (Lipinski definition) is 1. The number of anilines is 1. The molecule has 0 saturated heterocycles. The van der Waals surface area contributed by atoms with E-state index in [0.717, 1.165) is 5.75 Å². The molecule has 0 aliphatic carbocycles. The number of benzene rings is 2. The van der Waals surface area contributed by atoms with Gasteiger partial charge in [-0.15, -0.1) is 12.4 Å². The van der Waals surface area contributed by atoms with Gasteiger partial charge in [-0.3, -0.25) is 0 Å². The van der Waals surface area contributed by atoms with Crippen molar-refractivity contribution in [3.8, 4) is 5.75 Å². The largest absolute Gasteiger partial charge is 0.495 e. The van der Waals surface area contributed by atoms with Gasteiger partial charge in [0, 0.05) is 5.41 Å². The smallest absolute Gasteiger partial charge is 0.142 e. The third-order valence-electron chi connectivity index (χ3n) is 3.45. The van der Waals surface area contributed by atoms with Gasteiger partial charge in [-0.1, -0.05) is 50.2 Å². The van der Waals surface area contributed by atoms with Crippen molar-refractivity contribution >= 4 is 18.1 Å². The normalized spacial score (nSPS) is 10.7. The van der Waals surface area contributed by atoms with Crippen molar-refractivity contribution in [2.75, 3.05) is 12.8 Å². The molecule has 0 aliphatic heterocycles. The fourth-order valence-corrected chi connectivity index (χ4v) is 2.12. The van der Waals surface area contributed by atoms with E-state index in [2.05, 4.69) is 44.2 Å². The zero-order valence-electron chi connectivity index (χ0n) is 11.5. The molecule has 2 aromatic carbocycles. The van der Waals surface area contributed by atoms with Gasteiger partial charge in [0.2, 0.25) is 0 Å². The molecule has 2 N–H and O–H groups in total. The Balaban J connectivity index is 0.00000180. The highest BCUT2D eigenvalue weighted by Crippen LogP contribution is 2.34. The molecule has 0 atom stereocenters. The average molecular weight is 278 g/mol. The Morgan fingerprint density at radius 1 is 0.947 bits per heavy atom. The van der Waals surface area contributed by atoms with Crippen LogP contribution < -0.4 is 10.5 Å². The molecular weight excluding hydrogens is 258 g/mol. The second-order valence-corrected chi connectivity index (χ2v) is 4.95. The van der Waals surface area contributed by atoms with Crippen molar-refractivity contribution in [1.29, 1.82) is 0 Å². The van der Waals surface area contributed by atoms with Crippen LogP contribution in [-0.2, 0) is 5.41 Å². The van der Waals surface area contributed by atoms with Crippen molar-refractivity contribution in [1.82, 2.24) is 0 Å². The van der Waals surface area contributed by atoms with Crippen LogP contribution in [-0.4, -0.2) is 7.11 Å². The van der Waals surface area contributed by atoms with E-state index in [0.29, 0.717) is 5.69 Å². The summed E-state index contributed by atoms with van der Waals surface area (Å²) in [6, 6.07) is 16.4. The topological polar surface area (TPSA) is 35.2 Å². The second-order valence-electron chi connectivity index (χ2n) is 4.95. The summed E-state index contributed by atoms with van der Waals surface area (Å²) in [7, 11) is 1.64. The molecule has 0 aliphatic rings. The summed E-state index contributed by atoms with van der Waals surface area (Å²) in [5.41, 5.74) is 8.93. The zero-order valence-corrected chi connectivity index (χ0v) is 12.3. The van der Waals surface area contributed by atoms with Gasteiger partial charge >= 0.3 is 0 Å². The monoisotopic (exact) mass is 277 g/mol. The summed E-state index contributed by atoms with van der Waals surface area (Å²) in [5, 5.41) is 0. The molecule has 0 saturated carbocycles. The first-order valence-electron chi connectivity index (χ1n) is 6.05. The van der Waals surface area contributed by atoms with Gasteiger partial charge in [-0.25, -0.2) is 0 Å². The highest BCUT2D eigenvalue weighted by Gasteiger charge is 2.23. The lowest BCUT2D eigenvalue weighted by atomic mass is 9.78. The molecular formula is C16H20ClNO. The summed E-state index contributed by atoms with van der Waals surface area (Å²) in [6.07, 6.45) is 0. The third-order valence-corrected chi connectivity index (χ3v) is 3.45. The van der Waals surface area contributed by atoms with Crippen molar-refractivity contribution in [2.24, 2.45) is 0 Å². The van der Waals surface area contributed by atoms with Crippen LogP contribution in [0, 0.1) is 0 Å². The number of halogens is 1. The molecule has 2 aromatic rings. The van der Waals surface area contributed by atoms with E-state index in [1.807, 2.05) is 18.2 Å². The van der Waals surface area contributed by atoms with Crippen molar-refractivity contribution in [3.05, 3.63) is 59.7 Å². The Morgan fingerprint density at radius 3 is 2.16 bits per heavy atom. The predicted octanol–water partition coefficient (Wildman–Crippen LogP) is 4.03. The fourth-order valence-electron chi connectivity index (χ4n) is 2.12. The molecule has 0 heterocycles. The molecule has 0 fully saturated rings. The number of nitrogen functional groups attached to an aromatic ring is 1. The van der Waals surface area contributed by atoms with Crippen LogP contribution in [0.2, 0.25) is 0 Å². The number of nitrogens with two attached hydrogens (primary N) is 1. The van der Waals surface area contributed by atoms with E-state index in [9.17, 15) is 0 Å². The minimum atomic E-state index is -0.0672. The van der Waals surface area contributed by atoms with E-state index >= 15 is 0 Å². The molecule has 0 bridgehead atoms. The van der Waals surface area contributed by atoms with E-state index in [4.69, 9.17) is 10.5 Å². The fraction of sp³-hybridized carbons (Fsp3) is 0.250. The van der Waals surface area contributed by atoms with Crippen LogP contribution in [0.4, 0.5) is 5.69 Å². The van der Waals surface area contributed by atoms with Crippen molar-refractivity contribution < 1.29 is 4.74 Å². The van der Waals surface area contributed by atoms with Crippen molar-refractivity contribution in [3.63, 3.8) is 0 Å². The number of methoxy groups -OCH3 is 1. The molecule has 0 unspecified atom stereocenters. The molecule has 0 spiro atoms. The quantitative estimate of drug-likeness (QED) is 0.860. The highest BCUT2D eigenvalue weighted by atomic mass is 35.5. The lowest BCUT2D eigenvalue weighted by Gasteiger charge is -2.26. The second kappa shape index (κ2) is 5.98. The maximum absolute atomic E-state index is 5.86. The zero-order chi connectivity index (χ0) is 13.2. The van der Waals surface area contributed by atoms with E-state index < -0.39 is 0 Å². The Labute approximate surface area is 121 Å². The van der Waals surface area contributed by atoms with Crippen LogP contribution in [0.1, 0.15) is 25.0 Å². The van der Waals surface area contributed by atoms with Gasteiger partial charge in [0.15, 0.2) is 0 Å². The van der Waals surface area contributed by atoms with Gasteiger partial charge in [-0.2, -0.15) is 0 Å². The third kappa shape index (κ3) is 3.02. The van der Waals surface area contributed by atoms with Gasteiger partial charge in [0.1, 0.15) is 5.75 Å². The van der Waals surface area contributed by atoms with Gasteiger partial charge in [-0.05, 0) is 23.3 Å². The predicted molar refractivity (Wildman–Crippen MR) is 83.2 cm³/mol. The average Bonchev–Trinajstić information content (AvgIpc) is 2.40. The molecule has 0 radical (unpaired) electrons. The van der Waals surface area contributed by atoms with E-state index in [1.54, 1.807) is 7.11 Å². The number of hydrogen-bond acceptors (Lipinski definition) is 2. The number of rotatable bonds is 3. The standard InChI is InChI=1S/C16H19NO.ClH/c1-16(2,12-7-5-4-6-8-12)13-9-10-14(17)15(11-13)18-3;/h4-11H,17H2,1-3H3;1H. The van der Waals surface area contributed by atoms with E-state index in [1.165, 1.54) is 11.1 Å². The first-order chi connectivity index (χ1) is 8.55. The summed E-state index contributed by atoms with van der Waals surface area (Å²) < 4.78 is 5.29. The first kappa shape index (κ1) is 15.4. The Kier molecular flexibility index (Phi) is 4.84. The van der Waals surface area contributed by atoms with Gasteiger partial charge < -0.3 is 10.5 Å². The van der Waals surface area contributed by atoms with Gasteiger partial charge in [0.25, 0.3) is 0 Å². The summed E-state index contributed by atoms with van der Waals surface area (Å²) in [5.74, 6) is 0.733. The molecule has 19 heavy (non-hydrogen) atoms. The van der Waals surface area contributed by atoms with E-state index in [-0.39, 0.29) is 17.8 Å². The lowest BCUT2D eigenvalue weighted by molar-refractivity contribution is 0.415. The first-order valence-corrected chi connectivity index (χ1v) is 6.05. The van der Waals surface area contributed by atoms with Crippen LogP contribution in [0.5, 0.6) is 5.75 Å². The Morgan fingerprint density at radius 2 is 1.58 bits per heavy atom. The van der Waals surface area contributed by atoms with Crippen LogP contribution in [0.3, 0.4) is 0 Å². The molecule has 2 nitrogen and oxygen atoms in total. The molecule has 0 aromatic heterocycles. The minimum Gasteiger partial charge on any atom is -0.495 e. The molecule has 102 valence electrons. The Hall–Kier alpha value is -1.67. The molecule has 3 heteroatoms. The molecule has 2 rings (SSSR count). The maximum Gasteiger partial charge on any atom is 0.142 e. The minimum absolute atomic E-state index is 0. The highest BCUT2D eigenvalue weighted by molar-refractivity contribution is 5.85.